The lowest BCUT2D eigenvalue weighted by Gasteiger charge is -2.20. The van der Waals surface area contributed by atoms with Crippen molar-refractivity contribution < 1.29 is 9.59 Å². The van der Waals surface area contributed by atoms with Gasteiger partial charge in [0.1, 0.15) is 11.6 Å². The van der Waals surface area contributed by atoms with Crippen molar-refractivity contribution in [3.8, 4) is 5.69 Å². The molecule has 1 unspecified atom stereocenters. The first-order valence-corrected chi connectivity index (χ1v) is 8.67. The standard InChI is InChI=1S/C19H24N4O2/c1-5-6-12-15-18(24)21(3)16-13(2)20-23(14-10-8-7-9-11-14)17(16)22(4)19(15)25/h7-11,15H,5-6,12H2,1-4H3. The molecule has 0 N–H and O–H groups in total. The van der Waals surface area contributed by atoms with Crippen LogP contribution in [0.25, 0.3) is 5.69 Å². The molecule has 2 aromatic rings. The van der Waals surface area contributed by atoms with Crippen LogP contribution in [0.4, 0.5) is 11.5 Å². The van der Waals surface area contributed by atoms with E-state index in [2.05, 4.69) is 12.0 Å². The van der Waals surface area contributed by atoms with Crippen LogP contribution < -0.4 is 9.80 Å². The van der Waals surface area contributed by atoms with Crippen LogP contribution in [0.3, 0.4) is 0 Å². The average Bonchev–Trinajstić information content (AvgIpc) is 2.95. The number of anilines is 2. The number of unbranched alkanes of at least 4 members (excludes halogenated alkanes) is 1. The number of fused-ring (bicyclic) bond motifs is 1. The zero-order chi connectivity index (χ0) is 18.1. The number of hydrogen-bond acceptors (Lipinski definition) is 3. The van der Waals surface area contributed by atoms with E-state index in [4.69, 9.17) is 0 Å². The highest BCUT2D eigenvalue weighted by molar-refractivity contribution is 6.17. The second-order valence-corrected chi connectivity index (χ2v) is 6.49. The number of carbonyl (C=O) groups excluding carboxylic acids is 2. The minimum atomic E-state index is -0.633. The van der Waals surface area contributed by atoms with Crippen LogP contribution in [0.1, 0.15) is 31.9 Å². The fourth-order valence-electron chi connectivity index (χ4n) is 3.39. The zero-order valence-electron chi connectivity index (χ0n) is 15.2. The summed E-state index contributed by atoms with van der Waals surface area (Å²) in [4.78, 5) is 29.1. The normalized spacial score (nSPS) is 17.7. The van der Waals surface area contributed by atoms with Crippen molar-refractivity contribution in [3.63, 3.8) is 0 Å². The van der Waals surface area contributed by atoms with E-state index < -0.39 is 5.92 Å². The van der Waals surface area contributed by atoms with Gasteiger partial charge in [0.25, 0.3) is 0 Å². The second-order valence-electron chi connectivity index (χ2n) is 6.49. The van der Waals surface area contributed by atoms with Gasteiger partial charge in [-0.1, -0.05) is 38.0 Å². The first-order valence-electron chi connectivity index (χ1n) is 8.67. The van der Waals surface area contributed by atoms with Crippen molar-refractivity contribution in [1.82, 2.24) is 9.78 Å². The van der Waals surface area contributed by atoms with Crippen LogP contribution in [0.15, 0.2) is 30.3 Å². The van der Waals surface area contributed by atoms with Gasteiger partial charge < -0.3 is 4.90 Å². The molecule has 2 heterocycles. The summed E-state index contributed by atoms with van der Waals surface area (Å²) < 4.78 is 1.74. The number of aromatic nitrogens is 2. The number of rotatable bonds is 4. The minimum Gasteiger partial charge on any atom is -0.310 e. The quantitative estimate of drug-likeness (QED) is 0.804. The van der Waals surface area contributed by atoms with Crippen LogP contribution in [0.2, 0.25) is 0 Å². The molecule has 1 aliphatic rings. The number of hydrogen-bond donors (Lipinski definition) is 0. The molecular formula is C19H24N4O2. The molecule has 1 aromatic heterocycles. The number of benzene rings is 1. The van der Waals surface area contributed by atoms with Gasteiger partial charge in [-0.2, -0.15) is 5.10 Å². The fourth-order valence-corrected chi connectivity index (χ4v) is 3.39. The van der Waals surface area contributed by atoms with Crippen LogP contribution >= 0.6 is 0 Å². The molecule has 0 saturated carbocycles. The molecule has 132 valence electrons. The third-order valence-electron chi connectivity index (χ3n) is 4.76. The lowest BCUT2D eigenvalue weighted by Crippen LogP contribution is -2.40. The molecule has 0 fully saturated rings. The van der Waals surface area contributed by atoms with E-state index in [0.717, 1.165) is 24.2 Å². The molecule has 3 rings (SSSR count). The van der Waals surface area contributed by atoms with E-state index in [1.165, 1.54) is 0 Å². The van der Waals surface area contributed by atoms with Gasteiger partial charge in [-0.05, 0) is 25.5 Å². The maximum absolute atomic E-state index is 13.0. The highest BCUT2D eigenvalue weighted by atomic mass is 16.2. The highest BCUT2D eigenvalue weighted by Gasteiger charge is 2.40. The average molecular weight is 340 g/mol. The molecule has 1 aromatic carbocycles. The predicted octanol–water partition coefficient (Wildman–Crippen LogP) is 2.93. The van der Waals surface area contributed by atoms with Crippen molar-refractivity contribution in [2.24, 2.45) is 5.92 Å². The Morgan fingerprint density at radius 2 is 1.68 bits per heavy atom. The van der Waals surface area contributed by atoms with Gasteiger partial charge in [0.05, 0.1) is 11.4 Å². The van der Waals surface area contributed by atoms with Crippen LogP contribution in [0, 0.1) is 12.8 Å². The smallest absolute Gasteiger partial charge is 0.240 e. The summed E-state index contributed by atoms with van der Waals surface area (Å²) in [6.45, 7) is 3.93. The van der Waals surface area contributed by atoms with E-state index >= 15 is 0 Å². The van der Waals surface area contributed by atoms with Gasteiger partial charge in [-0.15, -0.1) is 0 Å². The highest BCUT2D eigenvalue weighted by Crippen LogP contribution is 2.38. The number of carbonyl (C=O) groups is 2. The van der Waals surface area contributed by atoms with Crippen molar-refractivity contribution in [1.29, 1.82) is 0 Å². The molecule has 0 bridgehead atoms. The topological polar surface area (TPSA) is 58.4 Å². The van der Waals surface area contributed by atoms with Gasteiger partial charge >= 0.3 is 0 Å². The Kier molecular flexibility index (Phi) is 4.61. The summed E-state index contributed by atoms with van der Waals surface area (Å²) in [5.41, 5.74) is 2.29. The molecule has 0 saturated heterocycles. The minimum absolute atomic E-state index is 0.153. The Balaban J connectivity index is 2.15. The van der Waals surface area contributed by atoms with E-state index in [1.54, 1.807) is 28.6 Å². The number of para-hydroxylation sites is 1. The van der Waals surface area contributed by atoms with Crippen LogP contribution in [-0.4, -0.2) is 35.7 Å². The monoisotopic (exact) mass is 340 g/mol. The first-order chi connectivity index (χ1) is 12.0. The Morgan fingerprint density at radius 1 is 1.04 bits per heavy atom. The number of amides is 2. The molecule has 0 aliphatic carbocycles. The summed E-state index contributed by atoms with van der Waals surface area (Å²) in [5.74, 6) is -0.310. The van der Waals surface area contributed by atoms with E-state index in [1.807, 2.05) is 37.3 Å². The Morgan fingerprint density at radius 3 is 2.32 bits per heavy atom. The SMILES string of the molecule is CCCCC1C(=O)N(C)c2c(C)nn(-c3ccccc3)c2N(C)C1=O. The number of nitrogens with zero attached hydrogens (tertiary/aromatic N) is 4. The molecule has 25 heavy (non-hydrogen) atoms. The summed E-state index contributed by atoms with van der Waals surface area (Å²) in [6.07, 6.45) is 2.38. The summed E-state index contributed by atoms with van der Waals surface area (Å²) in [7, 11) is 3.46. The maximum atomic E-state index is 13.0. The molecule has 1 atom stereocenters. The van der Waals surface area contributed by atoms with Crippen molar-refractivity contribution >= 4 is 23.3 Å². The van der Waals surface area contributed by atoms with E-state index in [9.17, 15) is 9.59 Å². The van der Waals surface area contributed by atoms with Crippen LogP contribution in [0.5, 0.6) is 0 Å². The predicted molar refractivity (Wildman–Crippen MR) is 98.1 cm³/mol. The summed E-state index contributed by atoms with van der Waals surface area (Å²) >= 11 is 0. The lowest BCUT2D eigenvalue weighted by atomic mass is 9.99. The largest absolute Gasteiger partial charge is 0.310 e. The van der Waals surface area contributed by atoms with Gasteiger partial charge in [0.2, 0.25) is 11.8 Å². The second kappa shape index (κ2) is 6.70. The van der Waals surface area contributed by atoms with Crippen molar-refractivity contribution in [3.05, 3.63) is 36.0 Å². The van der Waals surface area contributed by atoms with E-state index in [-0.39, 0.29) is 11.8 Å². The molecule has 6 nitrogen and oxygen atoms in total. The summed E-state index contributed by atoms with van der Waals surface area (Å²) in [6, 6.07) is 9.66. The summed E-state index contributed by atoms with van der Waals surface area (Å²) in [5, 5.41) is 4.59. The van der Waals surface area contributed by atoms with E-state index in [0.29, 0.717) is 17.9 Å². The Bertz CT molecular complexity index is 797. The Labute approximate surface area is 148 Å². The molecular weight excluding hydrogens is 316 g/mol. The number of aryl methyl sites for hydroxylation is 1. The first kappa shape index (κ1) is 17.2. The Hall–Kier alpha value is -2.63. The lowest BCUT2D eigenvalue weighted by molar-refractivity contribution is -0.132. The van der Waals surface area contributed by atoms with Crippen molar-refractivity contribution in [2.75, 3.05) is 23.9 Å². The van der Waals surface area contributed by atoms with Gasteiger partial charge in [-0.25, -0.2) is 4.68 Å². The van der Waals surface area contributed by atoms with Gasteiger partial charge in [-0.3, -0.25) is 14.5 Å². The zero-order valence-corrected chi connectivity index (χ0v) is 15.2. The molecule has 1 aliphatic heterocycles. The third kappa shape index (κ3) is 2.81. The molecule has 0 radical (unpaired) electrons. The van der Waals surface area contributed by atoms with Gasteiger partial charge in [0, 0.05) is 14.1 Å². The maximum Gasteiger partial charge on any atom is 0.240 e. The third-order valence-corrected chi connectivity index (χ3v) is 4.76. The fraction of sp³-hybridized carbons (Fsp3) is 0.421. The van der Waals surface area contributed by atoms with Crippen molar-refractivity contribution in [2.45, 2.75) is 33.1 Å². The van der Waals surface area contributed by atoms with Gasteiger partial charge in [0.15, 0.2) is 5.82 Å². The van der Waals surface area contributed by atoms with Crippen LogP contribution in [-0.2, 0) is 9.59 Å². The molecule has 0 spiro atoms. The molecule has 2 amide bonds. The molecule has 6 heteroatoms.